The van der Waals surface area contributed by atoms with E-state index in [0.717, 1.165) is 12.1 Å². The molecule has 122 valence electrons. The Labute approximate surface area is 128 Å². The van der Waals surface area contributed by atoms with Gasteiger partial charge in [0.05, 0.1) is 12.6 Å². The zero-order valence-corrected chi connectivity index (χ0v) is 12.4. The van der Waals surface area contributed by atoms with Gasteiger partial charge in [-0.15, -0.1) is 0 Å². The molecule has 1 saturated heterocycles. The van der Waals surface area contributed by atoms with Gasteiger partial charge in [-0.2, -0.15) is 8.78 Å². The second-order valence-corrected chi connectivity index (χ2v) is 5.45. The third-order valence-electron chi connectivity index (χ3n) is 3.60. The van der Waals surface area contributed by atoms with Crippen LogP contribution in [0.5, 0.6) is 5.75 Å². The van der Waals surface area contributed by atoms with Crippen LogP contribution in [0.3, 0.4) is 0 Å². The van der Waals surface area contributed by atoms with Gasteiger partial charge in [0.15, 0.2) is 0 Å². The second-order valence-electron chi connectivity index (χ2n) is 5.45. The molecular formula is C15H20F2N2O3. The minimum Gasteiger partial charge on any atom is -0.435 e. The first-order chi connectivity index (χ1) is 10.4. The van der Waals surface area contributed by atoms with Crippen LogP contribution in [0.4, 0.5) is 8.78 Å². The van der Waals surface area contributed by atoms with Crippen molar-refractivity contribution in [2.45, 2.75) is 25.7 Å². The minimum absolute atomic E-state index is 0.0398. The normalized spacial score (nSPS) is 18.7. The predicted octanol–water partition coefficient (Wildman–Crippen LogP) is 1.31. The Morgan fingerprint density at radius 3 is 2.68 bits per heavy atom. The maximum Gasteiger partial charge on any atom is 0.387 e. The number of aliphatic hydroxyl groups is 1. The molecule has 1 aromatic rings. The zero-order valence-electron chi connectivity index (χ0n) is 12.4. The first-order valence-corrected chi connectivity index (χ1v) is 7.12. The van der Waals surface area contributed by atoms with Gasteiger partial charge in [-0.25, -0.2) is 0 Å². The summed E-state index contributed by atoms with van der Waals surface area (Å²) in [5, 5.41) is 9.44. The lowest BCUT2D eigenvalue weighted by Gasteiger charge is -2.21. The molecule has 0 bridgehead atoms. The number of β-amino-alcohol motifs (C(OH)–C–C–N with tert-alkyl or cyclic N) is 1. The molecule has 1 aliphatic heterocycles. The van der Waals surface area contributed by atoms with Gasteiger partial charge >= 0.3 is 6.61 Å². The number of ether oxygens (including phenoxy) is 1. The van der Waals surface area contributed by atoms with Gasteiger partial charge in [0.25, 0.3) is 0 Å². The molecule has 1 amide bonds. The Balaban J connectivity index is 1.82. The van der Waals surface area contributed by atoms with Gasteiger partial charge in [0.1, 0.15) is 5.75 Å². The minimum atomic E-state index is -2.84. The molecule has 1 fully saturated rings. The molecule has 0 aromatic heterocycles. The highest BCUT2D eigenvalue weighted by atomic mass is 19.3. The summed E-state index contributed by atoms with van der Waals surface area (Å²) >= 11 is 0. The van der Waals surface area contributed by atoms with Crippen LogP contribution in [0.15, 0.2) is 24.3 Å². The number of nitrogens with zero attached hydrogens (tertiary/aromatic N) is 2. The van der Waals surface area contributed by atoms with Gasteiger partial charge in [-0.3, -0.25) is 9.69 Å². The number of rotatable bonds is 6. The smallest absolute Gasteiger partial charge is 0.387 e. The van der Waals surface area contributed by atoms with Crippen molar-refractivity contribution in [1.82, 2.24) is 9.80 Å². The Hall–Kier alpha value is -1.73. The van der Waals surface area contributed by atoms with E-state index < -0.39 is 6.61 Å². The van der Waals surface area contributed by atoms with Crippen LogP contribution in [-0.4, -0.2) is 60.2 Å². The molecule has 1 aromatic carbocycles. The molecular weight excluding hydrogens is 294 g/mol. The topological polar surface area (TPSA) is 53.0 Å². The standard InChI is InChI=1S/C15H20F2N2O3/c1-18(14(21)10-19-7-6-12(20)9-19)8-11-2-4-13(5-3-11)22-15(16)17/h2-5,12,15,20H,6-10H2,1H3/t12-/m0/s1. The number of benzene rings is 1. The van der Waals surface area contributed by atoms with Crippen molar-refractivity contribution in [3.63, 3.8) is 0 Å². The number of carbonyl (C=O) groups is 1. The summed E-state index contributed by atoms with van der Waals surface area (Å²) in [6.45, 7) is -0.921. The number of carbonyl (C=O) groups excluding carboxylic acids is 1. The Kier molecular flexibility index (Phi) is 5.68. The molecule has 2 rings (SSSR count). The van der Waals surface area contributed by atoms with Crippen LogP contribution in [0.2, 0.25) is 0 Å². The molecule has 1 aliphatic rings. The maximum atomic E-state index is 12.1. The lowest BCUT2D eigenvalue weighted by molar-refractivity contribution is -0.131. The van der Waals surface area contributed by atoms with E-state index in [1.54, 1.807) is 24.1 Å². The zero-order chi connectivity index (χ0) is 16.1. The number of likely N-dealkylation sites (tertiary alicyclic amines) is 1. The molecule has 5 nitrogen and oxygen atoms in total. The number of likely N-dealkylation sites (N-methyl/N-ethyl adjacent to an activating group) is 1. The fraction of sp³-hybridized carbons (Fsp3) is 0.533. The first-order valence-electron chi connectivity index (χ1n) is 7.12. The summed E-state index contributed by atoms with van der Waals surface area (Å²) in [5.74, 6) is 0.0563. The molecule has 1 N–H and O–H groups in total. The highest BCUT2D eigenvalue weighted by Crippen LogP contribution is 2.16. The third-order valence-corrected chi connectivity index (χ3v) is 3.60. The van der Waals surface area contributed by atoms with E-state index in [-0.39, 0.29) is 24.3 Å². The Bertz CT molecular complexity index is 496. The molecule has 22 heavy (non-hydrogen) atoms. The largest absolute Gasteiger partial charge is 0.435 e. The Morgan fingerprint density at radius 2 is 2.14 bits per heavy atom. The van der Waals surface area contributed by atoms with E-state index >= 15 is 0 Å². The average molecular weight is 314 g/mol. The summed E-state index contributed by atoms with van der Waals surface area (Å²) < 4.78 is 28.4. The second kappa shape index (κ2) is 7.51. The summed E-state index contributed by atoms with van der Waals surface area (Å²) in [4.78, 5) is 15.6. The van der Waals surface area contributed by atoms with Crippen molar-refractivity contribution in [2.75, 3.05) is 26.7 Å². The van der Waals surface area contributed by atoms with Gasteiger partial charge < -0.3 is 14.7 Å². The van der Waals surface area contributed by atoms with Gasteiger partial charge in [0, 0.05) is 26.7 Å². The van der Waals surface area contributed by atoms with Crippen molar-refractivity contribution in [3.05, 3.63) is 29.8 Å². The molecule has 7 heteroatoms. The highest BCUT2D eigenvalue weighted by molar-refractivity contribution is 5.78. The van der Waals surface area contributed by atoms with Crippen molar-refractivity contribution in [3.8, 4) is 5.75 Å². The number of aliphatic hydroxyl groups excluding tert-OH is 1. The fourth-order valence-corrected chi connectivity index (χ4v) is 2.41. The molecule has 0 unspecified atom stereocenters. The number of alkyl halides is 2. The summed E-state index contributed by atoms with van der Waals surface area (Å²) in [6, 6.07) is 6.22. The van der Waals surface area contributed by atoms with Crippen molar-refractivity contribution in [1.29, 1.82) is 0 Å². The van der Waals surface area contributed by atoms with E-state index in [0.29, 0.717) is 19.5 Å². The van der Waals surface area contributed by atoms with E-state index in [1.807, 2.05) is 4.90 Å². The Morgan fingerprint density at radius 1 is 1.45 bits per heavy atom. The van der Waals surface area contributed by atoms with Crippen LogP contribution in [-0.2, 0) is 11.3 Å². The summed E-state index contributed by atoms with van der Waals surface area (Å²) in [6.07, 6.45) is 0.350. The number of amides is 1. The summed E-state index contributed by atoms with van der Waals surface area (Å²) in [7, 11) is 1.69. The predicted molar refractivity (Wildman–Crippen MR) is 76.6 cm³/mol. The number of hydrogen-bond donors (Lipinski definition) is 1. The molecule has 0 saturated carbocycles. The van der Waals surface area contributed by atoms with Crippen molar-refractivity contribution in [2.24, 2.45) is 0 Å². The van der Waals surface area contributed by atoms with Crippen LogP contribution < -0.4 is 4.74 Å². The molecule has 0 spiro atoms. The first kappa shape index (κ1) is 16.6. The number of halogens is 2. The highest BCUT2D eigenvalue weighted by Gasteiger charge is 2.23. The monoisotopic (exact) mass is 314 g/mol. The lowest BCUT2D eigenvalue weighted by Crippen LogP contribution is -2.37. The average Bonchev–Trinajstić information content (AvgIpc) is 2.85. The quantitative estimate of drug-likeness (QED) is 0.860. The van der Waals surface area contributed by atoms with Crippen molar-refractivity contribution >= 4 is 5.91 Å². The lowest BCUT2D eigenvalue weighted by atomic mass is 10.2. The van der Waals surface area contributed by atoms with Crippen LogP contribution >= 0.6 is 0 Å². The molecule has 0 aliphatic carbocycles. The van der Waals surface area contributed by atoms with Crippen LogP contribution in [0.25, 0.3) is 0 Å². The molecule has 0 radical (unpaired) electrons. The van der Waals surface area contributed by atoms with Crippen LogP contribution in [0, 0.1) is 0 Å². The van der Waals surface area contributed by atoms with E-state index in [2.05, 4.69) is 4.74 Å². The van der Waals surface area contributed by atoms with Crippen molar-refractivity contribution < 1.29 is 23.4 Å². The van der Waals surface area contributed by atoms with E-state index in [1.165, 1.54) is 12.1 Å². The van der Waals surface area contributed by atoms with Gasteiger partial charge in [0.2, 0.25) is 5.91 Å². The summed E-state index contributed by atoms with van der Waals surface area (Å²) in [5.41, 5.74) is 0.832. The maximum absolute atomic E-state index is 12.1. The number of hydrogen-bond acceptors (Lipinski definition) is 4. The van der Waals surface area contributed by atoms with Gasteiger partial charge in [-0.05, 0) is 24.1 Å². The van der Waals surface area contributed by atoms with Gasteiger partial charge in [-0.1, -0.05) is 12.1 Å². The SMILES string of the molecule is CN(Cc1ccc(OC(F)F)cc1)C(=O)CN1CC[C@H](O)C1. The third kappa shape index (κ3) is 4.92. The van der Waals surface area contributed by atoms with E-state index in [4.69, 9.17) is 0 Å². The molecule has 1 heterocycles. The van der Waals surface area contributed by atoms with Crippen LogP contribution in [0.1, 0.15) is 12.0 Å². The molecule has 1 atom stereocenters. The van der Waals surface area contributed by atoms with E-state index in [9.17, 15) is 18.7 Å². The fourth-order valence-electron chi connectivity index (χ4n) is 2.41.